The number of nitrogens with zero attached hydrogens (tertiary/aromatic N) is 2. The van der Waals surface area contributed by atoms with E-state index in [1.165, 1.54) is 25.9 Å². The summed E-state index contributed by atoms with van der Waals surface area (Å²) in [6.07, 6.45) is 4.53. The van der Waals surface area contributed by atoms with Gasteiger partial charge in [0.05, 0.1) is 0 Å². The molecule has 0 aromatic rings. The van der Waals surface area contributed by atoms with Crippen molar-refractivity contribution in [2.75, 3.05) is 46.3 Å². The van der Waals surface area contributed by atoms with Gasteiger partial charge in [0.25, 0.3) is 0 Å². The molecule has 0 aromatic carbocycles. The maximum Gasteiger partial charge on any atom is 0.222 e. The molecule has 0 aromatic heterocycles. The minimum Gasteiger partial charge on any atom is -0.344 e. The highest BCUT2D eigenvalue weighted by Crippen LogP contribution is 2.13. The zero-order valence-corrected chi connectivity index (χ0v) is 11.0. The fourth-order valence-electron chi connectivity index (χ4n) is 2.71. The highest BCUT2D eigenvalue weighted by atomic mass is 16.2. The van der Waals surface area contributed by atoms with Gasteiger partial charge >= 0.3 is 0 Å². The smallest absolute Gasteiger partial charge is 0.222 e. The van der Waals surface area contributed by atoms with E-state index in [4.69, 9.17) is 0 Å². The van der Waals surface area contributed by atoms with Crippen LogP contribution in [0.1, 0.15) is 25.7 Å². The molecule has 0 bridgehead atoms. The Morgan fingerprint density at radius 1 is 1.41 bits per heavy atom. The van der Waals surface area contributed by atoms with E-state index in [0.29, 0.717) is 11.8 Å². The molecule has 4 nitrogen and oxygen atoms in total. The topological polar surface area (TPSA) is 35.6 Å². The van der Waals surface area contributed by atoms with Gasteiger partial charge in [0, 0.05) is 26.6 Å². The first-order valence-electron chi connectivity index (χ1n) is 6.93. The number of hydrogen-bond donors (Lipinski definition) is 1. The van der Waals surface area contributed by atoms with Crippen molar-refractivity contribution in [2.45, 2.75) is 25.7 Å². The Labute approximate surface area is 104 Å². The number of rotatable bonds is 5. The molecule has 2 heterocycles. The quantitative estimate of drug-likeness (QED) is 0.760. The van der Waals surface area contributed by atoms with E-state index >= 15 is 0 Å². The summed E-state index contributed by atoms with van der Waals surface area (Å²) >= 11 is 0. The van der Waals surface area contributed by atoms with Crippen LogP contribution in [0.4, 0.5) is 0 Å². The van der Waals surface area contributed by atoms with Gasteiger partial charge in [-0.05, 0) is 51.4 Å². The summed E-state index contributed by atoms with van der Waals surface area (Å²) < 4.78 is 0. The second-order valence-corrected chi connectivity index (χ2v) is 5.43. The molecule has 98 valence electrons. The van der Waals surface area contributed by atoms with Gasteiger partial charge in [-0.15, -0.1) is 0 Å². The Bertz CT molecular complexity index is 245. The molecule has 1 N–H and O–H groups in total. The van der Waals surface area contributed by atoms with Crippen molar-refractivity contribution in [3.05, 3.63) is 0 Å². The lowest BCUT2D eigenvalue weighted by atomic mass is 10.0. The molecule has 4 heteroatoms. The van der Waals surface area contributed by atoms with Gasteiger partial charge in [-0.3, -0.25) is 4.79 Å². The Morgan fingerprint density at radius 2 is 2.18 bits per heavy atom. The van der Waals surface area contributed by atoms with Crippen LogP contribution >= 0.6 is 0 Å². The monoisotopic (exact) mass is 239 g/mol. The number of hydrogen-bond acceptors (Lipinski definition) is 3. The molecular formula is C13H25N3O. The van der Waals surface area contributed by atoms with Gasteiger partial charge in [-0.1, -0.05) is 0 Å². The largest absolute Gasteiger partial charge is 0.344 e. The number of likely N-dealkylation sites (tertiary alicyclic amines) is 1. The lowest BCUT2D eigenvalue weighted by Crippen LogP contribution is -2.36. The Kier molecular flexibility index (Phi) is 4.80. The highest BCUT2D eigenvalue weighted by Gasteiger charge is 2.20. The van der Waals surface area contributed by atoms with Crippen molar-refractivity contribution in [1.82, 2.24) is 15.1 Å². The van der Waals surface area contributed by atoms with E-state index in [2.05, 4.69) is 10.2 Å². The SMILES string of the molecule is CN(CCN1CCCC1)C(=O)CC1CCNC1. The van der Waals surface area contributed by atoms with Gasteiger partial charge < -0.3 is 15.1 Å². The summed E-state index contributed by atoms with van der Waals surface area (Å²) in [6.45, 7) is 6.47. The predicted octanol–water partition coefficient (Wildman–Crippen LogP) is 0.540. The predicted molar refractivity (Wildman–Crippen MR) is 68.9 cm³/mol. The van der Waals surface area contributed by atoms with Crippen LogP contribution in [-0.4, -0.2) is 62.0 Å². The summed E-state index contributed by atoms with van der Waals surface area (Å²) in [7, 11) is 1.95. The summed E-state index contributed by atoms with van der Waals surface area (Å²) in [5, 5.41) is 3.31. The third kappa shape index (κ3) is 3.96. The van der Waals surface area contributed by atoms with Crippen LogP contribution in [-0.2, 0) is 4.79 Å². The molecule has 0 aliphatic carbocycles. The van der Waals surface area contributed by atoms with E-state index in [-0.39, 0.29) is 0 Å². The fraction of sp³-hybridized carbons (Fsp3) is 0.923. The van der Waals surface area contributed by atoms with E-state index in [1.807, 2.05) is 11.9 Å². The molecule has 2 rings (SSSR count). The van der Waals surface area contributed by atoms with Crippen molar-refractivity contribution in [1.29, 1.82) is 0 Å². The van der Waals surface area contributed by atoms with Crippen LogP contribution in [0.2, 0.25) is 0 Å². The number of nitrogens with one attached hydrogen (secondary N) is 1. The van der Waals surface area contributed by atoms with Crippen molar-refractivity contribution in [3.63, 3.8) is 0 Å². The maximum atomic E-state index is 12.0. The fourth-order valence-corrected chi connectivity index (χ4v) is 2.71. The van der Waals surface area contributed by atoms with E-state index < -0.39 is 0 Å². The molecule has 0 radical (unpaired) electrons. The van der Waals surface area contributed by atoms with Crippen molar-refractivity contribution >= 4 is 5.91 Å². The molecule has 1 amide bonds. The molecule has 17 heavy (non-hydrogen) atoms. The zero-order chi connectivity index (χ0) is 12.1. The van der Waals surface area contributed by atoms with Crippen LogP contribution in [0.25, 0.3) is 0 Å². The summed E-state index contributed by atoms with van der Waals surface area (Å²) in [5.74, 6) is 0.884. The maximum absolute atomic E-state index is 12.0. The van der Waals surface area contributed by atoms with Gasteiger partial charge in [0.15, 0.2) is 0 Å². The Morgan fingerprint density at radius 3 is 2.82 bits per heavy atom. The zero-order valence-electron chi connectivity index (χ0n) is 11.0. The Hall–Kier alpha value is -0.610. The van der Waals surface area contributed by atoms with E-state index in [0.717, 1.165) is 39.0 Å². The van der Waals surface area contributed by atoms with Gasteiger partial charge in [-0.25, -0.2) is 0 Å². The van der Waals surface area contributed by atoms with Gasteiger partial charge in [0.1, 0.15) is 0 Å². The average molecular weight is 239 g/mol. The molecular weight excluding hydrogens is 214 g/mol. The molecule has 2 fully saturated rings. The van der Waals surface area contributed by atoms with Crippen LogP contribution in [0.15, 0.2) is 0 Å². The first-order valence-corrected chi connectivity index (χ1v) is 6.93. The third-order valence-corrected chi connectivity index (χ3v) is 4.00. The molecule has 1 atom stereocenters. The van der Waals surface area contributed by atoms with E-state index in [1.54, 1.807) is 0 Å². The van der Waals surface area contributed by atoms with Crippen LogP contribution in [0, 0.1) is 5.92 Å². The molecule has 0 saturated carbocycles. The Balaban J connectivity index is 1.63. The lowest BCUT2D eigenvalue weighted by molar-refractivity contribution is -0.130. The second-order valence-electron chi connectivity index (χ2n) is 5.43. The first-order chi connectivity index (χ1) is 8.25. The number of likely N-dealkylation sites (N-methyl/N-ethyl adjacent to an activating group) is 1. The van der Waals surface area contributed by atoms with Crippen molar-refractivity contribution < 1.29 is 4.79 Å². The summed E-state index contributed by atoms with van der Waals surface area (Å²) in [4.78, 5) is 16.4. The third-order valence-electron chi connectivity index (χ3n) is 4.00. The number of carbonyl (C=O) groups is 1. The molecule has 2 aliphatic heterocycles. The first kappa shape index (κ1) is 12.8. The summed E-state index contributed by atoms with van der Waals surface area (Å²) in [6, 6.07) is 0. The van der Waals surface area contributed by atoms with Crippen LogP contribution in [0.5, 0.6) is 0 Å². The number of amides is 1. The van der Waals surface area contributed by atoms with Gasteiger partial charge in [0.2, 0.25) is 5.91 Å². The molecule has 1 unspecified atom stereocenters. The van der Waals surface area contributed by atoms with Crippen LogP contribution in [0.3, 0.4) is 0 Å². The highest BCUT2D eigenvalue weighted by molar-refractivity contribution is 5.76. The standard InChI is InChI=1S/C13H25N3O/c1-15(8-9-16-6-2-3-7-16)13(17)10-12-4-5-14-11-12/h12,14H,2-11H2,1H3. The molecule has 2 saturated heterocycles. The van der Waals surface area contributed by atoms with Crippen molar-refractivity contribution in [2.24, 2.45) is 5.92 Å². The van der Waals surface area contributed by atoms with Crippen molar-refractivity contribution in [3.8, 4) is 0 Å². The normalized spacial score (nSPS) is 25.4. The minimum absolute atomic E-state index is 0.317. The van der Waals surface area contributed by atoms with E-state index in [9.17, 15) is 4.79 Å². The lowest BCUT2D eigenvalue weighted by Gasteiger charge is -2.22. The average Bonchev–Trinajstić information content (AvgIpc) is 2.98. The molecule has 2 aliphatic rings. The van der Waals surface area contributed by atoms with Crippen LogP contribution < -0.4 is 5.32 Å². The number of carbonyl (C=O) groups excluding carboxylic acids is 1. The second kappa shape index (κ2) is 6.36. The van der Waals surface area contributed by atoms with Gasteiger partial charge in [-0.2, -0.15) is 0 Å². The summed E-state index contributed by atoms with van der Waals surface area (Å²) in [5.41, 5.74) is 0. The molecule has 0 spiro atoms. The minimum atomic E-state index is 0.317.